The molecular weight excluding hydrogens is 194 g/mol. The summed E-state index contributed by atoms with van der Waals surface area (Å²) in [5, 5.41) is 3.66. The van der Waals surface area contributed by atoms with Crippen molar-refractivity contribution < 1.29 is 4.21 Å². The van der Waals surface area contributed by atoms with Crippen LogP contribution in [0.1, 0.15) is 40.5 Å². The zero-order valence-corrected chi connectivity index (χ0v) is 10.8. The van der Waals surface area contributed by atoms with Gasteiger partial charge in [-0.3, -0.25) is 4.21 Å². The van der Waals surface area contributed by atoms with Gasteiger partial charge in [-0.05, 0) is 31.8 Å². The van der Waals surface area contributed by atoms with Gasteiger partial charge in [-0.1, -0.05) is 27.7 Å². The topological polar surface area (TPSA) is 29.1 Å². The Kier molecular flexibility index (Phi) is 8.49. The SMILES string of the molecule is CCCNCCCS(=O)C(C)C(C)C. The highest BCUT2D eigenvalue weighted by Gasteiger charge is 2.13. The Labute approximate surface area is 91.3 Å². The third kappa shape index (κ3) is 6.55. The van der Waals surface area contributed by atoms with E-state index in [1.54, 1.807) is 0 Å². The van der Waals surface area contributed by atoms with Crippen molar-refractivity contribution in [3.05, 3.63) is 0 Å². The Hall–Kier alpha value is 0.110. The molecule has 0 aliphatic rings. The van der Waals surface area contributed by atoms with Crippen LogP contribution < -0.4 is 5.32 Å². The van der Waals surface area contributed by atoms with Crippen LogP contribution in [-0.2, 0) is 10.8 Å². The fraction of sp³-hybridized carbons (Fsp3) is 1.00. The summed E-state index contributed by atoms with van der Waals surface area (Å²) >= 11 is 0. The minimum Gasteiger partial charge on any atom is -0.317 e. The van der Waals surface area contributed by atoms with Crippen LogP contribution in [-0.4, -0.2) is 28.3 Å². The Morgan fingerprint density at radius 3 is 2.36 bits per heavy atom. The smallest absolute Gasteiger partial charge is 0.0342 e. The maximum absolute atomic E-state index is 11.7. The van der Waals surface area contributed by atoms with Gasteiger partial charge in [0.1, 0.15) is 0 Å². The fourth-order valence-corrected chi connectivity index (χ4v) is 2.54. The molecule has 3 heteroatoms. The third-order valence-electron chi connectivity index (χ3n) is 2.48. The second-order valence-electron chi connectivity index (χ2n) is 4.14. The lowest BCUT2D eigenvalue weighted by Gasteiger charge is -2.14. The van der Waals surface area contributed by atoms with Gasteiger partial charge >= 0.3 is 0 Å². The monoisotopic (exact) mass is 219 g/mol. The van der Waals surface area contributed by atoms with Crippen LogP contribution in [0.2, 0.25) is 0 Å². The van der Waals surface area contributed by atoms with Crippen LogP contribution in [0, 0.1) is 5.92 Å². The van der Waals surface area contributed by atoms with Gasteiger partial charge in [0.15, 0.2) is 0 Å². The molecule has 0 saturated heterocycles. The predicted octanol–water partition coefficient (Wildman–Crippen LogP) is 2.17. The molecule has 0 spiro atoms. The minimum atomic E-state index is -0.640. The van der Waals surface area contributed by atoms with Gasteiger partial charge in [-0.15, -0.1) is 0 Å². The van der Waals surface area contributed by atoms with Gasteiger partial charge in [-0.2, -0.15) is 0 Å². The van der Waals surface area contributed by atoms with Crippen LogP contribution in [0.5, 0.6) is 0 Å². The van der Waals surface area contributed by atoms with Crippen LogP contribution in [0.25, 0.3) is 0 Å². The van der Waals surface area contributed by atoms with E-state index in [0.717, 1.165) is 25.3 Å². The molecule has 86 valence electrons. The van der Waals surface area contributed by atoms with Crippen LogP contribution in [0.4, 0.5) is 0 Å². The summed E-state index contributed by atoms with van der Waals surface area (Å²) in [6.45, 7) is 10.6. The molecule has 0 aromatic rings. The molecule has 0 bridgehead atoms. The molecule has 0 fully saturated rings. The largest absolute Gasteiger partial charge is 0.317 e. The molecule has 14 heavy (non-hydrogen) atoms. The molecule has 2 nitrogen and oxygen atoms in total. The van der Waals surface area contributed by atoms with Crippen LogP contribution >= 0.6 is 0 Å². The second-order valence-corrected chi connectivity index (χ2v) is 6.05. The molecule has 0 aliphatic carbocycles. The van der Waals surface area contributed by atoms with E-state index in [2.05, 4.69) is 33.0 Å². The molecule has 0 radical (unpaired) electrons. The molecule has 0 rings (SSSR count). The molecule has 2 unspecified atom stereocenters. The molecule has 0 saturated carbocycles. The van der Waals surface area contributed by atoms with Gasteiger partial charge in [0.2, 0.25) is 0 Å². The van der Waals surface area contributed by atoms with E-state index in [1.165, 1.54) is 6.42 Å². The standard InChI is InChI=1S/C11H25NOS/c1-5-7-12-8-6-9-14(13)11(4)10(2)3/h10-12H,5-9H2,1-4H3. The molecule has 0 heterocycles. The van der Waals surface area contributed by atoms with Gasteiger partial charge in [-0.25, -0.2) is 0 Å². The zero-order valence-electron chi connectivity index (χ0n) is 10.0. The summed E-state index contributed by atoms with van der Waals surface area (Å²) < 4.78 is 11.7. The Balaban J connectivity index is 3.44. The van der Waals surface area contributed by atoms with Gasteiger partial charge in [0.25, 0.3) is 0 Å². The van der Waals surface area contributed by atoms with E-state index < -0.39 is 10.8 Å². The zero-order chi connectivity index (χ0) is 11.0. The van der Waals surface area contributed by atoms with E-state index in [4.69, 9.17) is 0 Å². The average Bonchev–Trinajstić information content (AvgIpc) is 2.16. The summed E-state index contributed by atoms with van der Waals surface area (Å²) in [6.07, 6.45) is 2.20. The fourth-order valence-electron chi connectivity index (χ4n) is 1.13. The first-order valence-corrected chi connectivity index (χ1v) is 7.05. The number of rotatable bonds is 8. The van der Waals surface area contributed by atoms with Gasteiger partial charge in [0.05, 0.1) is 0 Å². The first-order valence-electron chi connectivity index (χ1n) is 5.67. The Bertz CT molecular complexity index is 159. The summed E-state index contributed by atoms with van der Waals surface area (Å²) in [5.74, 6) is 1.37. The lowest BCUT2D eigenvalue weighted by molar-refractivity contribution is 0.600. The van der Waals surface area contributed by atoms with Crippen molar-refractivity contribution in [1.82, 2.24) is 5.32 Å². The van der Waals surface area contributed by atoms with E-state index >= 15 is 0 Å². The molecule has 0 aromatic carbocycles. The third-order valence-corrected chi connectivity index (χ3v) is 4.54. The summed E-state index contributed by atoms with van der Waals surface area (Å²) in [7, 11) is -0.640. The lowest BCUT2D eigenvalue weighted by atomic mass is 10.2. The van der Waals surface area contributed by atoms with Crippen molar-refractivity contribution >= 4 is 10.8 Å². The summed E-state index contributed by atoms with van der Waals surface area (Å²) in [5.41, 5.74) is 0. The maximum Gasteiger partial charge on any atom is 0.0342 e. The van der Waals surface area contributed by atoms with E-state index in [-0.39, 0.29) is 0 Å². The van der Waals surface area contributed by atoms with Crippen LogP contribution in [0.3, 0.4) is 0 Å². The molecule has 0 amide bonds. The van der Waals surface area contributed by atoms with Crippen molar-refractivity contribution in [3.8, 4) is 0 Å². The summed E-state index contributed by atoms with van der Waals surface area (Å²) in [6, 6.07) is 0. The molecule has 2 atom stereocenters. The van der Waals surface area contributed by atoms with Crippen LogP contribution in [0.15, 0.2) is 0 Å². The quantitative estimate of drug-likeness (QED) is 0.634. The number of hydrogen-bond acceptors (Lipinski definition) is 2. The van der Waals surface area contributed by atoms with Crippen molar-refractivity contribution in [3.63, 3.8) is 0 Å². The van der Waals surface area contributed by atoms with Crippen molar-refractivity contribution in [2.24, 2.45) is 5.92 Å². The first kappa shape index (κ1) is 14.1. The Morgan fingerprint density at radius 2 is 1.86 bits per heavy atom. The highest BCUT2D eigenvalue weighted by Crippen LogP contribution is 2.08. The number of hydrogen-bond donors (Lipinski definition) is 1. The maximum atomic E-state index is 11.7. The van der Waals surface area contributed by atoms with E-state index in [1.807, 2.05) is 0 Å². The highest BCUT2D eigenvalue weighted by molar-refractivity contribution is 7.85. The average molecular weight is 219 g/mol. The van der Waals surface area contributed by atoms with E-state index in [0.29, 0.717) is 11.2 Å². The van der Waals surface area contributed by atoms with Gasteiger partial charge < -0.3 is 5.32 Å². The number of nitrogens with one attached hydrogen (secondary N) is 1. The van der Waals surface area contributed by atoms with Crippen molar-refractivity contribution in [2.75, 3.05) is 18.8 Å². The lowest BCUT2D eigenvalue weighted by Crippen LogP contribution is -2.23. The molecule has 0 aliphatic heterocycles. The summed E-state index contributed by atoms with van der Waals surface area (Å²) in [4.78, 5) is 0. The first-order chi connectivity index (χ1) is 6.59. The molecule has 0 aromatic heterocycles. The van der Waals surface area contributed by atoms with Crippen molar-refractivity contribution in [1.29, 1.82) is 0 Å². The highest BCUT2D eigenvalue weighted by atomic mass is 32.2. The molecule has 1 N–H and O–H groups in total. The predicted molar refractivity (Wildman–Crippen MR) is 65.1 cm³/mol. The molecular formula is C11H25NOS. The van der Waals surface area contributed by atoms with E-state index in [9.17, 15) is 4.21 Å². The minimum absolute atomic E-state index is 0.334. The van der Waals surface area contributed by atoms with Gasteiger partial charge in [0, 0.05) is 21.8 Å². The second kappa shape index (κ2) is 8.42. The normalized spacial score (nSPS) is 15.8. The Morgan fingerprint density at radius 1 is 1.21 bits per heavy atom. The van der Waals surface area contributed by atoms with Crippen molar-refractivity contribution in [2.45, 2.75) is 45.8 Å².